The zero-order valence-electron chi connectivity index (χ0n) is 10.7. The molecule has 0 atom stereocenters. The topological polar surface area (TPSA) is 47.7 Å². The molecule has 1 saturated carbocycles. The number of nitrogens with one attached hydrogen (secondary N) is 1. The van der Waals surface area contributed by atoms with E-state index in [9.17, 15) is 0 Å². The zero-order chi connectivity index (χ0) is 12.4. The summed E-state index contributed by atoms with van der Waals surface area (Å²) in [4.78, 5) is 0. The summed E-state index contributed by atoms with van der Waals surface area (Å²) in [6.45, 7) is 4.71. The second-order valence-corrected chi connectivity index (χ2v) is 4.84. The Morgan fingerprint density at radius 3 is 3.00 bits per heavy atom. The van der Waals surface area contributed by atoms with E-state index in [4.69, 9.17) is 0 Å². The van der Waals surface area contributed by atoms with Crippen LogP contribution in [0.1, 0.15) is 31.0 Å². The molecule has 1 fully saturated rings. The standard InChI is InChI=1S/C13H19N5/c1-2-17-9-11(7-16-17)10-18-13(5-6-15-18)8-14-12-3-4-12/h5-7,9,12,14H,2-4,8,10H2,1H3. The molecular formula is C13H19N5. The summed E-state index contributed by atoms with van der Waals surface area (Å²) in [6, 6.07) is 2.82. The summed E-state index contributed by atoms with van der Waals surface area (Å²) in [5.74, 6) is 0. The predicted octanol–water partition coefficient (Wildman–Crippen LogP) is 1.40. The Morgan fingerprint density at radius 2 is 2.28 bits per heavy atom. The molecule has 0 bridgehead atoms. The second kappa shape index (κ2) is 4.94. The van der Waals surface area contributed by atoms with Crippen LogP contribution in [0.2, 0.25) is 0 Å². The van der Waals surface area contributed by atoms with Crippen molar-refractivity contribution in [3.63, 3.8) is 0 Å². The molecule has 5 heteroatoms. The molecule has 2 heterocycles. The van der Waals surface area contributed by atoms with Gasteiger partial charge in [-0.15, -0.1) is 0 Å². The van der Waals surface area contributed by atoms with Crippen LogP contribution in [0.3, 0.4) is 0 Å². The van der Waals surface area contributed by atoms with E-state index >= 15 is 0 Å². The maximum absolute atomic E-state index is 4.38. The predicted molar refractivity (Wildman–Crippen MR) is 69.1 cm³/mol. The molecule has 96 valence electrons. The average Bonchev–Trinajstić information content (AvgIpc) is 2.93. The molecule has 1 N–H and O–H groups in total. The first-order valence-electron chi connectivity index (χ1n) is 6.60. The number of nitrogens with zero attached hydrogens (tertiary/aromatic N) is 4. The monoisotopic (exact) mass is 245 g/mol. The Labute approximate surface area is 107 Å². The van der Waals surface area contributed by atoms with Crippen molar-refractivity contribution in [2.75, 3.05) is 0 Å². The van der Waals surface area contributed by atoms with Crippen molar-refractivity contribution in [1.82, 2.24) is 24.9 Å². The highest BCUT2D eigenvalue weighted by molar-refractivity contribution is 5.08. The molecule has 18 heavy (non-hydrogen) atoms. The second-order valence-electron chi connectivity index (χ2n) is 4.84. The Hall–Kier alpha value is -1.62. The Balaban J connectivity index is 1.65. The lowest BCUT2D eigenvalue weighted by molar-refractivity contribution is 0.592. The van der Waals surface area contributed by atoms with E-state index in [1.807, 2.05) is 21.8 Å². The van der Waals surface area contributed by atoms with E-state index in [-0.39, 0.29) is 0 Å². The van der Waals surface area contributed by atoms with Gasteiger partial charge in [0.05, 0.1) is 18.4 Å². The molecule has 1 aliphatic carbocycles. The van der Waals surface area contributed by atoms with Gasteiger partial charge < -0.3 is 5.32 Å². The summed E-state index contributed by atoms with van der Waals surface area (Å²) in [5.41, 5.74) is 2.44. The van der Waals surface area contributed by atoms with Gasteiger partial charge in [0.25, 0.3) is 0 Å². The Morgan fingerprint density at radius 1 is 1.39 bits per heavy atom. The van der Waals surface area contributed by atoms with Crippen LogP contribution in [0.15, 0.2) is 24.7 Å². The van der Waals surface area contributed by atoms with E-state index in [1.54, 1.807) is 0 Å². The lowest BCUT2D eigenvalue weighted by Gasteiger charge is -2.06. The van der Waals surface area contributed by atoms with E-state index in [1.165, 1.54) is 24.1 Å². The molecule has 0 amide bonds. The maximum atomic E-state index is 4.38. The molecule has 0 aliphatic heterocycles. The molecule has 3 rings (SSSR count). The minimum atomic E-state index is 0.733. The van der Waals surface area contributed by atoms with Gasteiger partial charge in [-0.3, -0.25) is 9.36 Å². The van der Waals surface area contributed by atoms with E-state index in [2.05, 4.69) is 34.7 Å². The molecule has 2 aromatic rings. The molecule has 5 nitrogen and oxygen atoms in total. The van der Waals surface area contributed by atoms with Gasteiger partial charge >= 0.3 is 0 Å². The molecule has 0 radical (unpaired) electrons. The molecule has 2 aromatic heterocycles. The molecule has 0 aromatic carbocycles. The van der Waals surface area contributed by atoms with Crippen molar-refractivity contribution in [3.8, 4) is 0 Å². The SMILES string of the molecule is CCn1cc(Cn2nccc2CNC2CC2)cn1. The van der Waals surface area contributed by atoms with Gasteiger partial charge in [-0.05, 0) is 25.8 Å². The fourth-order valence-corrected chi connectivity index (χ4v) is 2.02. The third kappa shape index (κ3) is 2.61. The van der Waals surface area contributed by atoms with Crippen LogP contribution < -0.4 is 5.32 Å². The van der Waals surface area contributed by atoms with Crippen LogP contribution in [0.4, 0.5) is 0 Å². The number of hydrogen-bond acceptors (Lipinski definition) is 3. The van der Waals surface area contributed by atoms with E-state index in [0.29, 0.717) is 0 Å². The third-order valence-corrected chi connectivity index (χ3v) is 3.30. The van der Waals surface area contributed by atoms with Gasteiger partial charge in [-0.25, -0.2) is 0 Å². The number of aromatic nitrogens is 4. The lowest BCUT2D eigenvalue weighted by Crippen LogP contribution is -2.18. The third-order valence-electron chi connectivity index (χ3n) is 3.30. The van der Waals surface area contributed by atoms with Crippen molar-refractivity contribution in [3.05, 3.63) is 35.9 Å². The fraction of sp³-hybridized carbons (Fsp3) is 0.538. The minimum Gasteiger partial charge on any atom is -0.308 e. The number of hydrogen-bond donors (Lipinski definition) is 1. The highest BCUT2D eigenvalue weighted by Crippen LogP contribution is 2.19. The molecule has 0 saturated heterocycles. The minimum absolute atomic E-state index is 0.733. The van der Waals surface area contributed by atoms with Gasteiger partial charge in [0, 0.05) is 37.1 Å². The highest BCUT2D eigenvalue weighted by Gasteiger charge is 2.20. The smallest absolute Gasteiger partial charge is 0.0693 e. The number of rotatable bonds is 6. The van der Waals surface area contributed by atoms with Crippen molar-refractivity contribution >= 4 is 0 Å². The van der Waals surface area contributed by atoms with Crippen molar-refractivity contribution in [1.29, 1.82) is 0 Å². The van der Waals surface area contributed by atoms with Crippen molar-refractivity contribution < 1.29 is 0 Å². The van der Waals surface area contributed by atoms with Crippen molar-refractivity contribution in [2.24, 2.45) is 0 Å². The van der Waals surface area contributed by atoms with Gasteiger partial charge in [0.2, 0.25) is 0 Å². The van der Waals surface area contributed by atoms with Crippen LogP contribution in [-0.4, -0.2) is 25.6 Å². The van der Waals surface area contributed by atoms with Crippen LogP contribution in [0.25, 0.3) is 0 Å². The molecular weight excluding hydrogens is 226 g/mol. The first-order valence-corrected chi connectivity index (χ1v) is 6.60. The van der Waals surface area contributed by atoms with Crippen LogP contribution in [0, 0.1) is 0 Å². The summed E-state index contributed by atoms with van der Waals surface area (Å²) < 4.78 is 3.99. The average molecular weight is 245 g/mol. The molecule has 0 spiro atoms. The van der Waals surface area contributed by atoms with Gasteiger partial charge in [0.1, 0.15) is 0 Å². The van der Waals surface area contributed by atoms with Gasteiger partial charge in [-0.1, -0.05) is 0 Å². The van der Waals surface area contributed by atoms with E-state index in [0.717, 1.165) is 25.7 Å². The van der Waals surface area contributed by atoms with Crippen LogP contribution >= 0.6 is 0 Å². The first-order chi connectivity index (χ1) is 8.85. The molecule has 1 aliphatic rings. The largest absolute Gasteiger partial charge is 0.308 e. The van der Waals surface area contributed by atoms with Crippen molar-refractivity contribution in [2.45, 2.75) is 45.4 Å². The normalized spacial score (nSPS) is 15.2. The Bertz CT molecular complexity index is 509. The summed E-state index contributed by atoms with van der Waals surface area (Å²) in [7, 11) is 0. The van der Waals surface area contributed by atoms with Crippen LogP contribution in [0.5, 0.6) is 0 Å². The number of aryl methyl sites for hydroxylation is 1. The highest BCUT2D eigenvalue weighted by atomic mass is 15.3. The zero-order valence-corrected chi connectivity index (χ0v) is 10.7. The Kier molecular flexibility index (Phi) is 3.15. The first kappa shape index (κ1) is 11.5. The summed E-state index contributed by atoms with van der Waals surface area (Å²) in [5, 5.41) is 12.2. The fourth-order valence-electron chi connectivity index (χ4n) is 2.02. The van der Waals surface area contributed by atoms with Gasteiger partial charge in [-0.2, -0.15) is 10.2 Å². The maximum Gasteiger partial charge on any atom is 0.0693 e. The summed E-state index contributed by atoms with van der Waals surface area (Å²) in [6.07, 6.45) is 8.51. The lowest BCUT2D eigenvalue weighted by atomic mass is 10.3. The van der Waals surface area contributed by atoms with Crippen LogP contribution in [-0.2, 0) is 19.6 Å². The van der Waals surface area contributed by atoms with E-state index < -0.39 is 0 Å². The summed E-state index contributed by atoms with van der Waals surface area (Å²) >= 11 is 0. The van der Waals surface area contributed by atoms with Gasteiger partial charge in [0.15, 0.2) is 0 Å². The molecule has 0 unspecified atom stereocenters. The quantitative estimate of drug-likeness (QED) is 0.837.